The van der Waals surface area contributed by atoms with E-state index in [-0.39, 0.29) is 5.84 Å². The average molecular weight is 218 g/mol. The molecule has 16 heavy (non-hydrogen) atoms. The monoisotopic (exact) mass is 218 g/mol. The number of halogens is 1. The van der Waals surface area contributed by atoms with E-state index in [9.17, 15) is 4.39 Å². The first-order chi connectivity index (χ1) is 7.58. The summed E-state index contributed by atoms with van der Waals surface area (Å²) in [6.07, 6.45) is 3.38. The van der Waals surface area contributed by atoms with Crippen LogP contribution in [-0.2, 0) is 0 Å². The zero-order chi connectivity index (χ0) is 11.7. The summed E-state index contributed by atoms with van der Waals surface area (Å²) in [6.45, 7) is 1.88. The number of nitrogens with zero attached hydrogens (tertiary/aromatic N) is 2. The second kappa shape index (κ2) is 3.77. The number of aryl methyl sites for hydroxylation is 1. The molecule has 82 valence electrons. The van der Waals surface area contributed by atoms with Gasteiger partial charge in [-0.05, 0) is 30.7 Å². The lowest BCUT2D eigenvalue weighted by Crippen LogP contribution is -2.12. The van der Waals surface area contributed by atoms with Crippen LogP contribution in [0.25, 0.3) is 5.69 Å². The van der Waals surface area contributed by atoms with Crippen molar-refractivity contribution in [2.45, 2.75) is 6.92 Å². The maximum absolute atomic E-state index is 13.7. The van der Waals surface area contributed by atoms with E-state index in [1.807, 2.05) is 6.92 Å². The summed E-state index contributed by atoms with van der Waals surface area (Å²) in [4.78, 5) is 0. The number of nitrogens with two attached hydrogens (primary N) is 1. The smallest absolute Gasteiger partial charge is 0.149 e. The summed E-state index contributed by atoms with van der Waals surface area (Å²) in [7, 11) is 0. The molecular formula is C11H11FN4. The second-order valence-corrected chi connectivity index (χ2v) is 3.54. The van der Waals surface area contributed by atoms with E-state index in [4.69, 9.17) is 11.1 Å². The summed E-state index contributed by atoms with van der Waals surface area (Å²) >= 11 is 0. The van der Waals surface area contributed by atoms with Gasteiger partial charge in [0.25, 0.3) is 0 Å². The van der Waals surface area contributed by atoms with Gasteiger partial charge in [0.1, 0.15) is 17.3 Å². The van der Waals surface area contributed by atoms with Gasteiger partial charge in [0.05, 0.1) is 6.20 Å². The molecular weight excluding hydrogens is 207 g/mol. The predicted molar refractivity (Wildman–Crippen MR) is 59.3 cm³/mol. The van der Waals surface area contributed by atoms with Crippen LogP contribution in [0.2, 0.25) is 0 Å². The molecule has 0 fully saturated rings. The van der Waals surface area contributed by atoms with Gasteiger partial charge in [-0.1, -0.05) is 0 Å². The third-order valence-corrected chi connectivity index (χ3v) is 2.22. The molecule has 0 atom stereocenters. The lowest BCUT2D eigenvalue weighted by atomic mass is 10.2. The number of nitrogen functional groups attached to an aromatic ring is 1. The summed E-state index contributed by atoms with van der Waals surface area (Å²) in [5.41, 5.74) is 6.93. The molecule has 0 spiro atoms. The van der Waals surface area contributed by atoms with Gasteiger partial charge in [0.15, 0.2) is 0 Å². The first-order valence-electron chi connectivity index (χ1n) is 4.73. The first kappa shape index (κ1) is 10.4. The Balaban J connectivity index is 2.47. The van der Waals surface area contributed by atoms with Crippen LogP contribution in [0.3, 0.4) is 0 Å². The summed E-state index contributed by atoms with van der Waals surface area (Å²) in [6, 6.07) is 4.38. The van der Waals surface area contributed by atoms with E-state index in [1.54, 1.807) is 24.5 Å². The molecule has 0 saturated heterocycles. The molecule has 0 aliphatic heterocycles. The van der Waals surface area contributed by atoms with Crippen molar-refractivity contribution in [2.24, 2.45) is 5.73 Å². The van der Waals surface area contributed by atoms with Crippen molar-refractivity contribution >= 4 is 5.84 Å². The van der Waals surface area contributed by atoms with E-state index in [1.165, 1.54) is 10.7 Å². The Morgan fingerprint density at radius 1 is 1.50 bits per heavy atom. The Morgan fingerprint density at radius 2 is 2.25 bits per heavy atom. The minimum absolute atomic E-state index is 0.151. The van der Waals surface area contributed by atoms with Gasteiger partial charge in [0, 0.05) is 11.8 Å². The van der Waals surface area contributed by atoms with Crippen molar-refractivity contribution in [3.05, 3.63) is 47.5 Å². The van der Waals surface area contributed by atoms with E-state index >= 15 is 0 Å². The fraction of sp³-hybridized carbons (Fsp3) is 0.0909. The van der Waals surface area contributed by atoms with Crippen molar-refractivity contribution < 1.29 is 4.39 Å². The van der Waals surface area contributed by atoms with Crippen LogP contribution in [0, 0.1) is 18.2 Å². The lowest BCUT2D eigenvalue weighted by Gasteiger charge is -2.05. The van der Waals surface area contributed by atoms with Crippen LogP contribution in [0.15, 0.2) is 30.6 Å². The molecule has 1 aromatic heterocycles. The van der Waals surface area contributed by atoms with Crippen molar-refractivity contribution in [2.75, 3.05) is 0 Å². The molecule has 0 aliphatic rings. The number of hydrogen-bond acceptors (Lipinski definition) is 2. The molecule has 1 heterocycles. The molecule has 0 radical (unpaired) electrons. The highest BCUT2D eigenvalue weighted by Gasteiger charge is 2.07. The second-order valence-electron chi connectivity index (χ2n) is 3.54. The van der Waals surface area contributed by atoms with Crippen LogP contribution in [-0.4, -0.2) is 15.6 Å². The minimum Gasteiger partial charge on any atom is -0.384 e. The molecule has 5 heteroatoms. The Morgan fingerprint density at radius 3 is 2.75 bits per heavy atom. The van der Waals surface area contributed by atoms with Crippen LogP contribution < -0.4 is 5.73 Å². The zero-order valence-corrected chi connectivity index (χ0v) is 8.74. The van der Waals surface area contributed by atoms with Gasteiger partial charge in [-0.25, -0.2) is 9.07 Å². The quantitative estimate of drug-likeness (QED) is 0.594. The fourth-order valence-corrected chi connectivity index (χ4v) is 1.40. The highest BCUT2D eigenvalue weighted by atomic mass is 19.1. The number of amidine groups is 1. The summed E-state index contributed by atoms with van der Waals surface area (Å²) < 4.78 is 15.1. The normalized spacial score (nSPS) is 10.4. The number of hydrogen-bond donors (Lipinski definition) is 2. The molecule has 0 unspecified atom stereocenters. The molecule has 0 saturated carbocycles. The maximum Gasteiger partial charge on any atom is 0.149 e. The minimum atomic E-state index is -0.448. The molecule has 4 nitrogen and oxygen atoms in total. The van der Waals surface area contributed by atoms with Crippen LogP contribution in [0.4, 0.5) is 4.39 Å². The van der Waals surface area contributed by atoms with E-state index in [0.29, 0.717) is 11.3 Å². The summed E-state index contributed by atoms with van der Waals surface area (Å²) in [5.74, 6) is -0.599. The number of rotatable bonds is 2. The Labute approximate surface area is 92.0 Å². The zero-order valence-electron chi connectivity index (χ0n) is 8.74. The molecule has 0 bridgehead atoms. The van der Waals surface area contributed by atoms with Crippen LogP contribution in [0.1, 0.15) is 11.1 Å². The van der Waals surface area contributed by atoms with E-state index < -0.39 is 5.82 Å². The van der Waals surface area contributed by atoms with Gasteiger partial charge < -0.3 is 5.73 Å². The van der Waals surface area contributed by atoms with E-state index in [2.05, 4.69) is 5.10 Å². The van der Waals surface area contributed by atoms with Gasteiger partial charge in [-0.2, -0.15) is 5.10 Å². The topological polar surface area (TPSA) is 67.7 Å². The van der Waals surface area contributed by atoms with Crippen LogP contribution >= 0.6 is 0 Å². The third-order valence-electron chi connectivity index (χ3n) is 2.22. The number of benzene rings is 1. The van der Waals surface area contributed by atoms with Crippen molar-refractivity contribution in [3.8, 4) is 5.69 Å². The van der Waals surface area contributed by atoms with Gasteiger partial charge in [-0.3, -0.25) is 5.41 Å². The molecule has 0 aliphatic carbocycles. The largest absolute Gasteiger partial charge is 0.384 e. The number of nitrogens with one attached hydrogen (secondary N) is 1. The van der Waals surface area contributed by atoms with Crippen LogP contribution in [0.5, 0.6) is 0 Å². The van der Waals surface area contributed by atoms with Crippen molar-refractivity contribution in [1.82, 2.24) is 9.78 Å². The molecule has 3 N–H and O–H groups in total. The molecule has 2 rings (SSSR count). The standard InChI is InChI=1S/C11H11FN4/c1-7-5-15-16(6-7)10-3-2-8(11(13)14)4-9(10)12/h2-6H,1H3,(H3,13,14). The Kier molecular flexibility index (Phi) is 2.44. The first-order valence-corrected chi connectivity index (χ1v) is 4.73. The highest BCUT2D eigenvalue weighted by molar-refractivity contribution is 5.95. The molecule has 1 aromatic carbocycles. The average Bonchev–Trinajstić information content (AvgIpc) is 2.64. The maximum atomic E-state index is 13.7. The predicted octanol–water partition coefficient (Wildman–Crippen LogP) is 1.60. The Hall–Kier alpha value is -2.17. The molecule has 0 amide bonds. The highest BCUT2D eigenvalue weighted by Crippen LogP contribution is 2.14. The van der Waals surface area contributed by atoms with Crippen molar-refractivity contribution in [1.29, 1.82) is 5.41 Å². The SMILES string of the molecule is Cc1cnn(-c2ccc(C(=N)N)cc2F)c1. The lowest BCUT2D eigenvalue weighted by molar-refractivity contribution is 0.610. The fourth-order valence-electron chi connectivity index (χ4n) is 1.40. The molecule has 2 aromatic rings. The number of aromatic nitrogens is 2. The van der Waals surface area contributed by atoms with Gasteiger partial charge >= 0.3 is 0 Å². The third kappa shape index (κ3) is 1.79. The van der Waals surface area contributed by atoms with Gasteiger partial charge in [-0.15, -0.1) is 0 Å². The van der Waals surface area contributed by atoms with E-state index in [0.717, 1.165) is 5.56 Å². The summed E-state index contributed by atoms with van der Waals surface area (Å²) in [5, 5.41) is 11.2. The van der Waals surface area contributed by atoms with Gasteiger partial charge in [0.2, 0.25) is 0 Å². The Bertz CT molecular complexity index is 545. The van der Waals surface area contributed by atoms with Crippen molar-refractivity contribution in [3.63, 3.8) is 0 Å².